The molecule has 9 heteroatoms. The van der Waals surface area contributed by atoms with Crippen molar-refractivity contribution in [3.63, 3.8) is 0 Å². The summed E-state index contributed by atoms with van der Waals surface area (Å²) in [6, 6.07) is 8.66. The monoisotopic (exact) mass is 379 g/mol. The van der Waals surface area contributed by atoms with Crippen LogP contribution >= 0.6 is 23.7 Å². The van der Waals surface area contributed by atoms with E-state index in [4.69, 9.17) is 5.73 Å². The second kappa shape index (κ2) is 8.46. The van der Waals surface area contributed by atoms with Gasteiger partial charge in [-0.1, -0.05) is 37.3 Å². The average molecular weight is 380 g/mol. The third-order valence-corrected chi connectivity index (χ3v) is 4.24. The Bertz CT molecular complexity index is 663. The number of rotatable bonds is 5. The van der Waals surface area contributed by atoms with Crippen LogP contribution in [0.15, 0.2) is 35.7 Å². The molecule has 4 nitrogen and oxygen atoms in total. The van der Waals surface area contributed by atoms with Crippen LogP contribution in [0.25, 0.3) is 0 Å². The molecule has 2 rings (SSSR count). The first-order valence-corrected chi connectivity index (χ1v) is 7.77. The number of hydrogen-bond donors (Lipinski definition) is 2. The topological polar surface area (TPSA) is 68.0 Å². The first-order valence-electron chi connectivity index (χ1n) is 6.89. The van der Waals surface area contributed by atoms with Crippen molar-refractivity contribution in [3.05, 3.63) is 52.0 Å². The van der Waals surface area contributed by atoms with Crippen LogP contribution in [0.4, 0.5) is 13.2 Å². The molecule has 0 saturated heterocycles. The van der Waals surface area contributed by atoms with Gasteiger partial charge in [-0.25, -0.2) is 4.98 Å². The fourth-order valence-corrected chi connectivity index (χ4v) is 2.71. The highest BCUT2D eigenvalue weighted by molar-refractivity contribution is 7.09. The van der Waals surface area contributed by atoms with E-state index in [9.17, 15) is 18.0 Å². The number of nitrogens with one attached hydrogen (secondary N) is 1. The maximum absolute atomic E-state index is 12.5. The molecule has 0 fully saturated rings. The third-order valence-electron chi connectivity index (χ3n) is 3.39. The fourth-order valence-electron chi connectivity index (χ4n) is 1.97. The smallest absolute Gasteiger partial charge is 0.349 e. The molecule has 2 aromatic rings. The van der Waals surface area contributed by atoms with Crippen LogP contribution in [0, 0.1) is 5.92 Å². The van der Waals surface area contributed by atoms with Gasteiger partial charge >= 0.3 is 6.18 Å². The van der Waals surface area contributed by atoms with Gasteiger partial charge in [0.15, 0.2) is 5.69 Å². The SMILES string of the molecule is CC(C(=O)NCc1nc(C(F)(F)F)cs1)C(N)c1ccccc1.Cl. The zero-order chi connectivity index (χ0) is 17.0. The van der Waals surface area contributed by atoms with E-state index in [0.29, 0.717) is 0 Å². The highest BCUT2D eigenvalue weighted by atomic mass is 35.5. The van der Waals surface area contributed by atoms with Gasteiger partial charge in [0.25, 0.3) is 0 Å². The van der Waals surface area contributed by atoms with E-state index in [1.54, 1.807) is 6.92 Å². The van der Waals surface area contributed by atoms with Gasteiger partial charge < -0.3 is 11.1 Å². The maximum atomic E-state index is 12.5. The summed E-state index contributed by atoms with van der Waals surface area (Å²) in [4.78, 5) is 15.6. The minimum Gasteiger partial charge on any atom is -0.349 e. The van der Waals surface area contributed by atoms with Gasteiger partial charge in [0, 0.05) is 11.4 Å². The summed E-state index contributed by atoms with van der Waals surface area (Å²) in [6.45, 7) is 1.63. The molecule has 0 aliphatic heterocycles. The lowest BCUT2D eigenvalue weighted by Gasteiger charge is -2.19. The predicted molar refractivity (Wildman–Crippen MR) is 88.7 cm³/mol. The normalized spacial score (nSPS) is 13.7. The largest absolute Gasteiger partial charge is 0.434 e. The number of hydrogen-bond acceptors (Lipinski definition) is 4. The Morgan fingerprint density at radius 2 is 1.96 bits per heavy atom. The lowest BCUT2D eigenvalue weighted by atomic mass is 9.95. The van der Waals surface area contributed by atoms with Gasteiger partial charge in [0.05, 0.1) is 12.5 Å². The zero-order valence-corrected chi connectivity index (χ0v) is 14.3. The van der Waals surface area contributed by atoms with Gasteiger partial charge in [-0.15, -0.1) is 23.7 Å². The predicted octanol–water partition coefficient (Wildman–Crippen LogP) is 3.54. The highest BCUT2D eigenvalue weighted by Crippen LogP contribution is 2.30. The number of alkyl halides is 3. The van der Waals surface area contributed by atoms with E-state index in [1.165, 1.54) is 0 Å². The minimum atomic E-state index is -4.47. The first kappa shape index (κ1) is 20.4. The van der Waals surface area contributed by atoms with E-state index >= 15 is 0 Å². The molecule has 2 unspecified atom stereocenters. The molecular formula is C15H17ClF3N3OS. The number of amides is 1. The Balaban J connectivity index is 0.00000288. The standard InChI is InChI=1S/C15H16F3N3OS.ClH/c1-9(13(19)10-5-3-2-4-6-10)14(22)20-7-12-21-11(8-23-12)15(16,17)18;/h2-6,8-9,13H,7,19H2,1H3,(H,20,22);1H. The second-order valence-electron chi connectivity index (χ2n) is 5.07. The van der Waals surface area contributed by atoms with Gasteiger partial charge in [-0.3, -0.25) is 4.79 Å². The van der Waals surface area contributed by atoms with Crippen LogP contribution in [0.1, 0.15) is 29.2 Å². The minimum absolute atomic E-state index is 0. The number of benzene rings is 1. The molecule has 0 saturated carbocycles. The molecule has 132 valence electrons. The Morgan fingerprint density at radius 3 is 2.50 bits per heavy atom. The van der Waals surface area contributed by atoms with Crippen LogP contribution in [-0.4, -0.2) is 10.9 Å². The zero-order valence-electron chi connectivity index (χ0n) is 12.7. The van der Waals surface area contributed by atoms with Crippen molar-refractivity contribution < 1.29 is 18.0 Å². The number of aromatic nitrogens is 1. The third kappa shape index (κ3) is 5.19. The number of carbonyl (C=O) groups excluding carboxylic acids is 1. The van der Waals surface area contributed by atoms with Crippen LogP contribution in [-0.2, 0) is 17.5 Å². The van der Waals surface area contributed by atoms with E-state index in [-0.39, 0.29) is 29.9 Å². The van der Waals surface area contributed by atoms with E-state index < -0.39 is 23.8 Å². The van der Waals surface area contributed by atoms with Crippen molar-refractivity contribution in [3.8, 4) is 0 Å². The molecule has 3 N–H and O–H groups in total. The molecule has 0 aliphatic rings. The maximum Gasteiger partial charge on any atom is 0.434 e. The van der Waals surface area contributed by atoms with E-state index in [1.807, 2.05) is 30.3 Å². The number of nitrogens with two attached hydrogens (primary N) is 1. The molecule has 0 radical (unpaired) electrons. The van der Waals surface area contributed by atoms with Crippen molar-refractivity contribution in [1.82, 2.24) is 10.3 Å². The summed E-state index contributed by atoms with van der Waals surface area (Å²) in [5.41, 5.74) is 5.93. The fraction of sp³-hybridized carbons (Fsp3) is 0.333. The van der Waals surface area contributed by atoms with Crippen molar-refractivity contribution in [2.45, 2.75) is 25.7 Å². The molecule has 0 spiro atoms. The van der Waals surface area contributed by atoms with Crippen molar-refractivity contribution in [1.29, 1.82) is 0 Å². The van der Waals surface area contributed by atoms with Gasteiger partial charge in [0.2, 0.25) is 5.91 Å². The quantitative estimate of drug-likeness (QED) is 0.835. The first-order chi connectivity index (χ1) is 10.8. The summed E-state index contributed by atoms with van der Waals surface area (Å²) in [6.07, 6.45) is -4.47. The van der Waals surface area contributed by atoms with E-state index in [0.717, 1.165) is 22.3 Å². The van der Waals surface area contributed by atoms with Crippen LogP contribution in [0.5, 0.6) is 0 Å². The Hall–Kier alpha value is -1.64. The summed E-state index contributed by atoms with van der Waals surface area (Å²) in [5.74, 6) is -0.843. The summed E-state index contributed by atoms with van der Waals surface area (Å²) in [7, 11) is 0. The number of thiazole rings is 1. The molecule has 1 heterocycles. The van der Waals surface area contributed by atoms with Gasteiger partial charge in [-0.2, -0.15) is 13.2 Å². The molecule has 24 heavy (non-hydrogen) atoms. The Morgan fingerprint density at radius 1 is 1.33 bits per heavy atom. The number of carbonyl (C=O) groups is 1. The van der Waals surface area contributed by atoms with E-state index in [2.05, 4.69) is 10.3 Å². The van der Waals surface area contributed by atoms with Crippen LogP contribution < -0.4 is 11.1 Å². The average Bonchev–Trinajstić information content (AvgIpc) is 3.01. The molecule has 0 aliphatic carbocycles. The molecule has 1 aromatic heterocycles. The number of halogens is 4. The van der Waals surface area contributed by atoms with Crippen LogP contribution in [0.3, 0.4) is 0 Å². The Labute approximate surface area is 147 Å². The van der Waals surface area contributed by atoms with Crippen molar-refractivity contribution in [2.75, 3.05) is 0 Å². The highest BCUT2D eigenvalue weighted by Gasteiger charge is 2.33. The number of nitrogens with zero attached hydrogens (tertiary/aromatic N) is 1. The second-order valence-corrected chi connectivity index (χ2v) is 6.01. The van der Waals surface area contributed by atoms with Gasteiger partial charge in [-0.05, 0) is 5.56 Å². The van der Waals surface area contributed by atoms with Crippen molar-refractivity contribution >= 4 is 29.7 Å². The molecule has 0 bridgehead atoms. The molecule has 1 aromatic carbocycles. The molecule has 1 amide bonds. The van der Waals surface area contributed by atoms with Crippen LogP contribution in [0.2, 0.25) is 0 Å². The molecule has 2 atom stereocenters. The lowest BCUT2D eigenvalue weighted by molar-refractivity contribution is -0.140. The van der Waals surface area contributed by atoms with Crippen molar-refractivity contribution in [2.24, 2.45) is 11.7 Å². The summed E-state index contributed by atoms with van der Waals surface area (Å²) >= 11 is 0.858. The summed E-state index contributed by atoms with van der Waals surface area (Å²) < 4.78 is 37.4. The van der Waals surface area contributed by atoms with Gasteiger partial charge in [0.1, 0.15) is 5.01 Å². The Kier molecular flexibility index (Phi) is 7.19. The lowest BCUT2D eigenvalue weighted by Crippen LogP contribution is -2.35. The molecular weight excluding hydrogens is 363 g/mol. The summed E-state index contributed by atoms with van der Waals surface area (Å²) in [5, 5.41) is 3.71.